The standard InChI is InChI=1S/C17H22N4O4S2/c1-19(2)26(22,23)14-5-7-15(8-6-14)27(24,25)20-13-17(10-3-4-11-17)21-16(20)9-12-18-21/h5-9,12H,3-4,10-11,13H2,1-2H3. The maximum atomic E-state index is 13.3. The number of aromatic nitrogens is 2. The Balaban J connectivity index is 1.71. The minimum Gasteiger partial charge on any atom is -0.247 e. The maximum absolute atomic E-state index is 13.3. The summed E-state index contributed by atoms with van der Waals surface area (Å²) < 4.78 is 55.3. The smallest absolute Gasteiger partial charge is 0.247 e. The van der Waals surface area contributed by atoms with Crippen molar-refractivity contribution in [3.8, 4) is 0 Å². The van der Waals surface area contributed by atoms with Crippen molar-refractivity contribution >= 4 is 25.9 Å². The van der Waals surface area contributed by atoms with E-state index in [1.807, 2.05) is 4.68 Å². The molecule has 0 atom stereocenters. The van der Waals surface area contributed by atoms with E-state index in [9.17, 15) is 16.8 Å². The van der Waals surface area contributed by atoms with Gasteiger partial charge >= 0.3 is 0 Å². The molecular formula is C17H22N4O4S2. The van der Waals surface area contributed by atoms with Crippen molar-refractivity contribution in [1.29, 1.82) is 0 Å². The third-order valence-corrected chi connectivity index (χ3v) is 9.08. The number of hydrogen-bond donors (Lipinski definition) is 0. The zero-order valence-electron chi connectivity index (χ0n) is 15.2. The molecule has 1 spiro atoms. The van der Waals surface area contributed by atoms with Crippen LogP contribution in [-0.4, -0.2) is 51.6 Å². The molecule has 2 aromatic rings. The maximum Gasteiger partial charge on any atom is 0.265 e. The summed E-state index contributed by atoms with van der Waals surface area (Å²) in [6.45, 7) is 0.371. The molecule has 2 heterocycles. The van der Waals surface area contributed by atoms with Crippen molar-refractivity contribution in [3.63, 3.8) is 0 Å². The van der Waals surface area contributed by atoms with Gasteiger partial charge in [0, 0.05) is 20.2 Å². The molecule has 8 nitrogen and oxygen atoms in total. The number of hydrogen-bond acceptors (Lipinski definition) is 5. The lowest BCUT2D eigenvalue weighted by atomic mass is 9.99. The van der Waals surface area contributed by atoms with Gasteiger partial charge in [0.1, 0.15) is 5.82 Å². The fourth-order valence-corrected chi connectivity index (χ4v) is 6.43. The quantitative estimate of drug-likeness (QED) is 0.764. The van der Waals surface area contributed by atoms with E-state index in [2.05, 4.69) is 5.10 Å². The van der Waals surface area contributed by atoms with Crippen LogP contribution in [-0.2, 0) is 25.6 Å². The Morgan fingerprint density at radius 2 is 1.56 bits per heavy atom. The fourth-order valence-electron chi connectivity index (χ4n) is 4.00. The van der Waals surface area contributed by atoms with Gasteiger partial charge in [-0.3, -0.25) is 0 Å². The van der Waals surface area contributed by atoms with Crippen LogP contribution in [0.4, 0.5) is 5.82 Å². The molecule has 1 saturated carbocycles. The van der Waals surface area contributed by atoms with Crippen LogP contribution >= 0.6 is 0 Å². The summed E-state index contributed by atoms with van der Waals surface area (Å²) >= 11 is 0. The number of nitrogens with zero attached hydrogens (tertiary/aromatic N) is 4. The molecule has 146 valence electrons. The normalized spacial score (nSPS) is 19.1. The van der Waals surface area contributed by atoms with Crippen LogP contribution in [0.5, 0.6) is 0 Å². The lowest BCUT2D eigenvalue weighted by Crippen LogP contribution is -2.37. The van der Waals surface area contributed by atoms with Crippen LogP contribution in [0.25, 0.3) is 0 Å². The van der Waals surface area contributed by atoms with E-state index in [-0.39, 0.29) is 15.3 Å². The van der Waals surface area contributed by atoms with Gasteiger partial charge in [0.2, 0.25) is 10.0 Å². The van der Waals surface area contributed by atoms with Gasteiger partial charge in [-0.2, -0.15) is 5.10 Å². The minimum absolute atomic E-state index is 0.0603. The highest BCUT2D eigenvalue weighted by Crippen LogP contribution is 2.46. The van der Waals surface area contributed by atoms with Crippen LogP contribution in [0.2, 0.25) is 0 Å². The van der Waals surface area contributed by atoms with E-state index in [1.165, 1.54) is 42.7 Å². The predicted octanol–water partition coefficient (Wildman–Crippen LogP) is 1.61. The summed E-state index contributed by atoms with van der Waals surface area (Å²) in [5.74, 6) is 0.571. The first-order valence-electron chi connectivity index (χ1n) is 8.78. The zero-order chi connectivity index (χ0) is 19.4. The van der Waals surface area contributed by atoms with Crippen LogP contribution in [0.15, 0.2) is 46.3 Å². The Kier molecular flexibility index (Phi) is 4.13. The summed E-state index contributed by atoms with van der Waals surface area (Å²) in [7, 11) is -4.54. The summed E-state index contributed by atoms with van der Waals surface area (Å²) in [6, 6.07) is 7.09. The Morgan fingerprint density at radius 3 is 2.15 bits per heavy atom. The van der Waals surface area contributed by atoms with Crippen LogP contribution in [0.1, 0.15) is 25.7 Å². The first kappa shape index (κ1) is 18.5. The molecule has 1 aliphatic carbocycles. The third-order valence-electron chi connectivity index (χ3n) is 5.49. The first-order chi connectivity index (χ1) is 12.7. The number of fused-ring (bicyclic) bond motifs is 2. The highest BCUT2D eigenvalue weighted by molar-refractivity contribution is 7.93. The van der Waals surface area contributed by atoms with Gasteiger partial charge in [0.25, 0.3) is 10.0 Å². The number of anilines is 1. The van der Waals surface area contributed by atoms with E-state index in [0.717, 1.165) is 30.0 Å². The molecule has 0 unspecified atom stereocenters. The number of rotatable bonds is 4. The van der Waals surface area contributed by atoms with Crippen molar-refractivity contribution in [1.82, 2.24) is 14.1 Å². The fraction of sp³-hybridized carbons (Fsp3) is 0.471. The minimum atomic E-state index is -3.80. The van der Waals surface area contributed by atoms with E-state index < -0.39 is 20.0 Å². The van der Waals surface area contributed by atoms with Crippen molar-refractivity contribution in [2.45, 2.75) is 41.0 Å². The molecule has 2 aliphatic rings. The Bertz CT molecular complexity index is 1070. The molecule has 27 heavy (non-hydrogen) atoms. The molecule has 1 fully saturated rings. The van der Waals surface area contributed by atoms with Crippen LogP contribution < -0.4 is 4.31 Å². The summed E-state index contributed by atoms with van der Waals surface area (Å²) in [5, 5.41) is 4.38. The van der Waals surface area contributed by atoms with Gasteiger partial charge in [-0.15, -0.1) is 0 Å². The molecule has 0 bridgehead atoms. The average molecular weight is 411 g/mol. The Labute approximate surface area is 159 Å². The molecule has 0 amide bonds. The van der Waals surface area contributed by atoms with E-state index >= 15 is 0 Å². The Morgan fingerprint density at radius 1 is 0.963 bits per heavy atom. The number of sulfonamides is 2. The third kappa shape index (κ3) is 2.69. The van der Waals surface area contributed by atoms with E-state index in [4.69, 9.17) is 0 Å². The van der Waals surface area contributed by atoms with Gasteiger partial charge in [-0.1, -0.05) is 12.8 Å². The molecule has 0 saturated heterocycles. The summed E-state index contributed by atoms with van der Waals surface area (Å²) in [6.07, 6.45) is 5.57. The second-order valence-electron chi connectivity index (χ2n) is 7.30. The lowest BCUT2D eigenvalue weighted by Gasteiger charge is -2.24. The van der Waals surface area contributed by atoms with Gasteiger partial charge < -0.3 is 0 Å². The topological polar surface area (TPSA) is 92.6 Å². The lowest BCUT2D eigenvalue weighted by molar-refractivity contribution is 0.309. The number of benzene rings is 1. The monoisotopic (exact) mass is 410 g/mol. The van der Waals surface area contributed by atoms with Crippen molar-refractivity contribution in [2.24, 2.45) is 0 Å². The van der Waals surface area contributed by atoms with Crippen LogP contribution in [0, 0.1) is 0 Å². The van der Waals surface area contributed by atoms with Crippen molar-refractivity contribution < 1.29 is 16.8 Å². The van der Waals surface area contributed by atoms with Gasteiger partial charge in [0.05, 0.1) is 28.1 Å². The largest absolute Gasteiger partial charge is 0.265 e. The molecule has 4 rings (SSSR count). The zero-order valence-corrected chi connectivity index (χ0v) is 16.9. The summed E-state index contributed by atoms with van der Waals surface area (Å²) in [4.78, 5) is 0.133. The molecule has 10 heteroatoms. The summed E-state index contributed by atoms with van der Waals surface area (Å²) in [5.41, 5.74) is -0.264. The van der Waals surface area contributed by atoms with Crippen molar-refractivity contribution in [2.75, 3.05) is 24.9 Å². The molecule has 1 aromatic carbocycles. The van der Waals surface area contributed by atoms with Crippen LogP contribution in [0.3, 0.4) is 0 Å². The Hall–Kier alpha value is -1.91. The molecule has 0 N–H and O–H groups in total. The molecule has 1 aliphatic heterocycles. The van der Waals surface area contributed by atoms with Gasteiger partial charge in [-0.25, -0.2) is 30.1 Å². The predicted molar refractivity (Wildman–Crippen MR) is 101 cm³/mol. The average Bonchev–Trinajstić information content (AvgIpc) is 3.34. The molecular weight excluding hydrogens is 388 g/mol. The SMILES string of the molecule is CN(C)S(=O)(=O)c1ccc(S(=O)(=O)N2CC3(CCCC3)n3nccc32)cc1. The first-order valence-corrected chi connectivity index (χ1v) is 11.7. The second-order valence-corrected chi connectivity index (χ2v) is 11.3. The molecule has 0 radical (unpaired) electrons. The molecule has 1 aromatic heterocycles. The second kappa shape index (κ2) is 6.05. The van der Waals surface area contributed by atoms with Gasteiger partial charge in [-0.05, 0) is 37.1 Å². The van der Waals surface area contributed by atoms with Crippen molar-refractivity contribution in [3.05, 3.63) is 36.5 Å². The van der Waals surface area contributed by atoms with E-state index in [0.29, 0.717) is 12.4 Å². The highest BCUT2D eigenvalue weighted by atomic mass is 32.2. The highest BCUT2D eigenvalue weighted by Gasteiger charge is 2.48. The van der Waals surface area contributed by atoms with Gasteiger partial charge in [0.15, 0.2) is 0 Å². The van der Waals surface area contributed by atoms with E-state index in [1.54, 1.807) is 12.3 Å².